The molecule has 0 unspecified atom stereocenters. The molecule has 0 fully saturated rings. The minimum atomic E-state index is -0.345. The molecule has 0 saturated carbocycles. The first-order valence-electron chi connectivity index (χ1n) is 8.38. The molecule has 134 valence electrons. The van der Waals surface area contributed by atoms with Crippen molar-refractivity contribution in [3.05, 3.63) is 57.2 Å². The van der Waals surface area contributed by atoms with E-state index in [9.17, 15) is 4.79 Å². The summed E-state index contributed by atoms with van der Waals surface area (Å²) in [4.78, 5) is 21.8. The van der Waals surface area contributed by atoms with Crippen LogP contribution in [0, 0.1) is 20.8 Å². The average Bonchev–Trinajstić information content (AvgIpc) is 2.59. The average molecular weight is 414 g/mol. The fraction of sp³-hybridized carbons (Fsp3) is 0.250. The molecule has 1 aromatic heterocycles. The predicted octanol–water partition coefficient (Wildman–Crippen LogP) is 4.97. The number of rotatable bonds is 4. The second kappa shape index (κ2) is 7.41. The summed E-state index contributed by atoms with van der Waals surface area (Å²) in [6.07, 6.45) is 0. The van der Waals surface area contributed by atoms with Crippen molar-refractivity contribution in [3.63, 3.8) is 0 Å². The van der Waals surface area contributed by atoms with Crippen LogP contribution in [-0.2, 0) is 0 Å². The van der Waals surface area contributed by atoms with Gasteiger partial charge in [-0.15, -0.1) is 0 Å². The normalized spacial score (nSPS) is 10.8. The lowest BCUT2D eigenvalue weighted by Crippen LogP contribution is -2.17. The zero-order chi connectivity index (χ0) is 18.8. The Morgan fingerprint density at radius 3 is 2.31 bits per heavy atom. The minimum Gasteiger partial charge on any atom is -0.476 e. The van der Waals surface area contributed by atoms with Gasteiger partial charge < -0.3 is 10.1 Å². The van der Waals surface area contributed by atoms with Crippen molar-refractivity contribution in [2.24, 2.45) is 0 Å². The molecule has 0 aliphatic carbocycles. The highest BCUT2D eigenvalue weighted by molar-refractivity contribution is 9.10. The van der Waals surface area contributed by atoms with Crippen LogP contribution in [0.4, 0.5) is 5.69 Å². The van der Waals surface area contributed by atoms with E-state index in [0.717, 1.165) is 21.2 Å². The molecule has 0 spiro atoms. The summed E-state index contributed by atoms with van der Waals surface area (Å²) < 4.78 is 6.56. The minimum absolute atomic E-state index is 0.183. The SMILES string of the molecule is CCOc1nc2cc(C)c(C)cc2nc1C(=O)Nc1ccc(Br)c(C)c1. The van der Waals surface area contributed by atoms with Gasteiger partial charge in [0.1, 0.15) is 0 Å². The van der Waals surface area contributed by atoms with Crippen molar-refractivity contribution < 1.29 is 9.53 Å². The monoisotopic (exact) mass is 413 g/mol. The molecule has 0 aliphatic heterocycles. The fourth-order valence-corrected chi connectivity index (χ4v) is 2.84. The van der Waals surface area contributed by atoms with E-state index < -0.39 is 0 Å². The first-order valence-corrected chi connectivity index (χ1v) is 9.17. The first-order chi connectivity index (χ1) is 12.4. The quantitative estimate of drug-likeness (QED) is 0.655. The summed E-state index contributed by atoms with van der Waals surface area (Å²) >= 11 is 3.46. The number of carbonyl (C=O) groups is 1. The molecule has 0 saturated heterocycles. The Morgan fingerprint density at radius 2 is 1.69 bits per heavy atom. The molecule has 3 aromatic rings. The maximum atomic E-state index is 12.8. The van der Waals surface area contributed by atoms with Gasteiger partial charge in [-0.2, -0.15) is 0 Å². The molecule has 1 amide bonds. The highest BCUT2D eigenvalue weighted by Gasteiger charge is 2.18. The van der Waals surface area contributed by atoms with Gasteiger partial charge in [0.15, 0.2) is 5.69 Å². The number of nitrogens with one attached hydrogen (secondary N) is 1. The Labute approximate surface area is 160 Å². The van der Waals surface area contributed by atoms with Crippen LogP contribution in [0.2, 0.25) is 0 Å². The van der Waals surface area contributed by atoms with Gasteiger partial charge in [0.2, 0.25) is 5.88 Å². The number of fused-ring (bicyclic) bond motifs is 1. The van der Waals surface area contributed by atoms with E-state index in [1.165, 1.54) is 0 Å². The van der Waals surface area contributed by atoms with Gasteiger partial charge in [-0.3, -0.25) is 4.79 Å². The van der Waals surface area contributed by atoms with Gasteiger partial charge in [0.25, 0.3) is 5.91 Å². The van der Waals surface area contributed by atoms with Crippen LogP contribution in [0.3, 0.4) is 0 Å². The summed E-state index contributed by atoms with van der Waals surface area (Å²) in [5.74, 6) is -0.0996. The molecule has 0 bridgehead atoms. The van der Waals surface area contributed by atoms with Crippen molar-refractivity contribution in [1.29, 1.82) is 0 Å². The molecule has 1 heterocycles. The molecule has 0 radical (unpaired) electrons. The maximum Gasteiger partial charge on any atom is 0.279 e. The smallest absolute Gasteiger partial charge is 0.279 e. The highest BCUT2D eigenvalue weighted by Crippen LogP contribution is 2.24. The molecule has 0 aliphatic rings. The lowest BCUT2D eigenvalue weighted by Gasteiger charge is -2.12. The second-order valence-electron chi connectivity index (χ2n) is 6.15. The molecule has 6 heteroatoms. The lowest BCUT2D eigenvalue weighted by atomic mass is 10.1. The van der Waals surface area contributed by atoms with Crippen molar-refractivity contribution >= 4 is 38.6 Å². The molecule has 26 heavy (non-hydrogen) atoms. The van der Waals surface area contributed by atoms with Crippen LogP contribution in [0.5, 0.6) is 5.88 Å². The third-order valence-corrected chi connectivity index (χ3v) is 5.05. The van der Waals surface area contributed by atoms with Gasteiger partial charge in [-0.1, -0.05) is 15.9 Å². The fourth-order valence-electron chi connectivity index (χ4n) is 2.59. The van der Waals surface area contributed by atoms with Crippen LogP contribution in [0.15, 0.2) is 34.8 Å². The largest absolute Gasteiger partial charge is 0.476 e. The van der Waals surface area contributed by atoms with Gasteiger partial charge in [0, 0.05) is 10.2 Å². The summed E-state index contributed by atoms with van der Waals surface area (Å²) in [6.45, 7) is 8.26. The van der Waals surface area contributed by atoms with Crippen LogP contribution in [-0.4, -0.2) is 22.5 Å². The van der Waals surface area contributed by atoms with Crippen LogP contribution in [0.1, 0.15) is 34.1 Å². The molecule has 1 N–H and O–H groups in total. The molecule has 2 aromatic carbocycles. The topological polar surface area (TPSA) is 64.1 Å². The molecule has 5 nitrogen and oxygen atoms in total. The Balaban J connectivity index is 2.03. The third kappa shape index (κ3) is 3.70. The van der Waals surface area contributed by atoms with E-state index in [1.807, 2.05) is 58.0 Å². The highest BCUT2D eigenvalue weighted by atomic mass is 79.9. The number of benzene rings is 2. The number of carbonyl (C=O) groups excluding carboxylic acids is 1. The first kappa shape index (κ1) is 18.3. The Hall–Kier alpha value is -2.47. The van der Waals surface area contributed by atoms with Gasteiger partial charge in [0.05, 0.1) is 17.6 Å². The number of nitrogens with zero attached hydrogens (tertiary/aromatic N) is 2. The molecule has 3 rings (SSSR count). The van der Waals surface area contributed by atoms with Gasteiger partial charge >= 0.3 is 0 Å². The number of aromatic nitrogens is 2. The number of halogens is 1. The Kier molecular flexibility index (Phi) is 5.23. The van der Waals surface area contributed by atoms with E-state index in [4.69, 9.17) is 4.74 Å². The van der Waals surface area contributed by atoms with E-state index in [1.54, 1.807) is 0 Å². The summed E-state index contributed by atoms with van der Waals surface area (Å²) in [7, 11) is 0. The summed E-state index contributed by atoms with van der Waals surface area (Å²) in [5, 5.41) is 2.87. The summed E-state index contributed by atoms with van der Waals surface area (Å²) in [6, 6.07) is 9.52. The van der Waals surface area contributed by atoms with Crippen molar-refractivity contribution in [1.82, 2.24) is 9.97 Å². The number of hydrogen-bond donors (Lipinski definition) is 1. The molecular weight excluding hydrogens is 394 g/mol. The van der Waals surface area contributed by atoms with E-state index in [-0.39, 0.29) is 17.5 Å². The number of hydrogen-bond acceptors (Lipinski definition) is 4. The van der Waals surface area contributed by atoms with Crippen LogP contribution < -0.4 is 10.1 Å². The van der Waals surface area contributed by atoms with Crippen molar-refractivity contribution in [3.8, 4) is 5.88 Å². The van der Waals surface area contributed by atoms with E-state index in [2.05, 4.69) is 31.2 Å². The van der Waals surface area contributed by atoms with Gasteiger partial charge in [-0.05, 0) is 74.7 Å². The molecular formula is C20H20BrN3O2. The zero-order valence-corrected chi connectivity index (χ0v) is 16.8. The Morgan fingerprint density at radius 1 is 1.04 bits per heavy atom. The van der Waals surface area contributed by atoms with E-state index >= 15 is 0 Å². The second-order valence-corrected chi connectivity index (χ2v) is 7.01. The molecule has 0 atom stereocenters. The standard InChI is InChI=1S/C20H20BrN3O2/c1-5-26-20-18(19(25)22-14-6-7-15(21)13(4)8-14)23-16-9-11(2)12(3)10-17(16)24-20/h6-10H,5H2,1-4H3,(H,22,25). The van der Waals surface area contributed by atoms with Crippen molar-refractivity contribution in [2.45, 2.75) is 27.7 Å². The van der Waals surface area contributed by atoms with Crippen LogP contribution >= 0.6 is 15.9 Å². The van der Waals surface area contributed by atoms with E-state index in [0.29, 0.717) is 23.3 Å². The van der Waals surface area contributed by atoms with Crippen LogP contribution in [0.25, 0.3) is 11.0 Å². The van der Waals surface area contributed by atoms with Crippen molar-refractivity contribution in [2.75, 3.05) is 11.9 Å². The lowest BCUT2D eigenvalue weighted by molar-refractivity contribution is 0.101. The number of anilines is 1. The number of aryl methyl sites for hydroxylation is 3. The zero-order valence-electron chi connectivity index (χ0n) is 15.2. The maximum absolute atomic E-state index is 12.8. The Bertz CT molecular complexity index is 1000. The third-order valence-electron chi connectivity index (χ3n) is 4.16. The number of ether oxygens (including phenoxy) is 1. The summed E-state index contributed by atoms with van der Waals surface area (Å²) in [5.41, 5.74) is 5.52. The van der Waals surface area contributed by atoms with Gasteiger partial charge in [-0.25, -0.2) is 9.97 Å². The number of amides is 1. The predicted molar refractivity (Wildman–Crippen MR) is 107 cm³/mol.